The molecule has 3 nitrogen and oxygen atoms in total. The molecule has 4 heteroatoms. The number of aryl methyl sites for hydroxylation is 1. The Hall–Kier alpha value is -0.900. The molecule has 2 rings (SSSR count). The number of hydrogen-bond donors (Lipinski definition) is 1. The highest BCUT2D eigenvalue weighted by molar-refractivity contribution is 5.12. The Morgan fingerprint density at radius 2 is 2.40 bits per heavy atom. The van der Waals surface area contributed by atoms with Gasteiger partial charge in [-0.05, 0) is 19.3 Å². The minimum Gasteiger partial charge on any atom is -0.332 e. The topological polar surface area (TPSA) is 43.8 Å². The van der Waals surface area contributed by atoms with Crippen LogP contribution >= 0.6 is 0 Å². The smallest absolute Gasteiger partial charge is 0.183 e. The lowest BCUT2D eigenvalue weighted by Crippen LogP contribution is -2.35. The fourth-order valence-corrected chi connectivity index (χ4v) is 2.08. The first-order chi connectivity index (χ1) is 7.22. The van der Waals surface area contributed by atoms with Crippen molar-refractivity contribution in [3.63, 3.8) is 0 Å². The molecule has 0 bridgehead atoms. The third-order valence-corrected chi connectivity index (χ3v) is 3.07. The zero-order chi connectivity index (χ0) is 10.9. The molecule has 1 atom stereocenters. The second-order valence-electron chi connectivity index (χ2n) is 4.29. The van der Waals surface area contributed by atoms with Gasteiger partial charge in [0.05, 0.1) is 0 Å². The first-order valence-electron chi connectivity index (χ1n) is 5.63. The molecule has 1 aliphatic carbocycles. The van der Waals surface area contributed by atoms with Crippen LogP contribution in [0, 0.1) is 5.92 Å². The summed E-state index contributed by atoms with van der Waals surface area (Å²) in [6.07, 6.45) is 6.36. The number of halogens is 1. The molecule has 1 aromatic heterocycles. The van der Waals surface area contributed by atoms with Crippen molar-refractivity contribution in [3.05, 3.63) is 18.2 Å². The van der Waals surface area contributed by atoms with E-state index in [-0.39, 0.29) is 12.5 Å². The molecular weight excluding hydrogens is 193 g/mol. The van der Waals surface area contributed by atoms with Gasteiger partial charge in [0.15, 0.2) is 5.67 Å². The summed E-state index contributed by atoms with van der Waals surface area (Å²) in [4.78, 5) is 4.15. The quantitative estimate of drug-likeness (QED) is 0.807. The highest BCUT2D eigenvalue weighted by Gasteiger charge is 2.48. The fourth-order valence-electron chi connectivity index (χ4n) is 2.08. The van der Waals surface area contributed by atoms with Crippen LogP contribution in [-0.2, 0) is 12.2 Å². The third-order valence-electron chi connectivity index (χ3n) is 3.07. The number of rotatable bonds is 5. The molecular formula is C11H18FN3. The van der Waals surface area contributed by atoms with Crippen LogP contribution in [0.1, 0.15) is 32.0 Å². The van der Waals surface area contributed by atoms with Gasteiger partial charge in [0.2, 0.25) is 0 Å². The lowest BCUT2D eigenvalue weighted by atomic mass is 9.99. The molecule has 0 spiro atoms. The summed E-state index contributed by atoms with van der Waals surface area (Å²) in [6, 6.07) is 0. The van der Waals surface area contributed by atoms with E-state index in [1.54, 1.807) is 6.20 Å². The number of aromatic nitrogens is 2. The van der Waals surface area contributed by atoms with E-state index in [9.17, 15) is 4.39 Å². The highest BCUT2D eigenvalue weighted by Crippen LogP contribution is 2.47. The van der Waals surface area contributed by atoms with Gasteiger partial charge < -0.3 is 10.3 Å². The number of alkyl halides is 1. The van der Waals surface area contributed by atoms with Gasteiger partial charge in [-0.3, -0.25) is 0 Å². The normalized spacial score (nSPS) is 20.2. The Morgan fingerprint density at radius 1 is 1.67 bits per heavy atom. The van der Waals surface area contributed by atoms with Gasteiger partial charge >= 0.3 is 0 Å². The summed E-state index contributed by atoms with van der Waals surface area (Å²) in [7, 11) is 0. The van der Waals surface area contributed by atoms with Crippen LogP contribution in [-0.4, -0.2) is 16.1 Å². The summed E-state index contributed by atoms with van der Waals surface area (Å²) in [5.74, 6) is 0.606. The minimum atomic E-state index is -1.40. The second kappa shape index (κ2) is 3.93. The number of hydrogen-bond acceptors (Lipinski definition) is 2. The van der Waals surface area contributed by atoms with Gasteiger partial charge in [0.25, 0.3) is 0 Å². The maximum Gasteiger partial charge on any atom is 0.183 e. The monoisotopic (exact) mass is 211 g/mol. The highest BCUT2D eigenvalue weighted by atomic mass is 19.1. The van der Waals surface area contributed by atoms with Crippen LogP contribution in [0.3, 0.4) is 0 Å². The minimum absolute atomic E-state index is 0.0401. The molecule has 0 radical (unpaired) electrons. The molecule has 0 aromatic carbocycles. The summed E-state index contributed by atoms with van der Waals surface area (Å²) < 4.78 is 16.5. The van der Waals surface area contributed by atoms with Crippen molar-refractivity contribution >= 4 is 0 Å². The Morgan fingerprint density at radius 3 is 2.93 bits per heavy atom. The van der Waals surface area contributed by atoms with Crippen molar-refractivity contribution in [2.75, 3.05) is 6.54 Å². The van der Waals surface area contributed by atoms with E-state index in [0.29, 0.717) is 5.82 Å². The third kappa shape index (κ3) is 1.78. The van der Waals surface area contributed by atoms with Crippen molar-refractivity contribution in [1.29, 1.82) is 0 Å². The molecule has 2 N–H and O–H groups in total. The van der Waals surface area contributed by atoms with Gasteiger partial charge in [-0.2, -0.15) is 0 Å². The number of nitrogens with zero attached hydrogens (tertiary/aromatic N) is 2. The van der Waals surface area contributed by atoms with E-state index in [1.165, 1.54) is 0 Å². The summed E-state index contributed by atoms with van der Waals surface area (Å²) in [5.41, 5.74) is 4.17. The molecule has 0 aliphatic heterocycles. The molecule has 0 saturated heterocycles. The average molecular weight is 211 g/mol. The number of nitrogens with two attached hydrogens (primary N) is 1. The molecule has 1 aromatic rings. The van der Waals surface area contributed by atoms with Crippen LogP contribution in [0.25, 0.3) is 0 Å². The van der Waals surface area contributed by atoms with Crippen LogP contribution < -0.4 is 5.73 Å². The first kappa shape index (κ1) is 10.6. The standard InChI is InChI=1S/C11H18FN3/c1-2-6-15-7-5-14-10(15)11(12,8-13)9-3-4-9/h5,7,9H,2-4,6,8,13H2,1H3. The van der Waals surface area contributed by atoms with Gasteiger partial charge in [0, 0.05) is 31.4 Å². The maximum absolute atomic E-state index is 14.6. The molecule has 1 aliphatic rings. The van der Waals surface area contributed by atoms with Gasteiger partial charge in [-0.15, -0.1) is 0 Å². The van der Waals surface area contributed by atoms with Gasteiger partial charge in [-0.1, -0.05) is 6.92 Å². The van der Waals surface area contributed by atoms with Crippen LogP contribution in [0.4, 0.5) is 4.39 Å². The molecule has 1 unspecified atom stereocenters. The fraction of sp³-hybridized carbons (Fsp3) is 0.727. The SMILES string of the molecule is CCCn1ccnc1C(F)(CN)C1CC1. The van der Waals surface area contributed by atoms with E-state index in [0.717, 1.165) is 25.8 Å². The van der Waals surface area contributed by atoms with E-state index in [1.807, 2.05) is 10.8 Å². The lowest BCUT2D eigenvalue weighted by Gasteiger charge is -2.23. The van der Waals surface area contributed by atoms with Gasteiger partial charge in [-0.25, -0.2) is 9.37 Å². The maximum atomic E-state index is 14.6. The van der Waals surface area contributed by atoms with Crippen LogP contribution in [0.5, 0.6) is 0 Å². The molecule has 84 valence electrons. The predicted octanol–water partition coefficient (Wildman–Crippen LogP) is 1.83. The first-order valence-corrected chi connectivity index (χ1v) is 5.63. The largest absolute Gasteiger partial charge is 0.332 e. The second-order valence-corrected chi connectivity index (χ2v) is 4.29. The van der Waals surface area contributed by atoms with E-state index in [4.69, 9.17) is 5.73 Å². The Kier molecular flexibility index (Phi) is 2.78. The number of imidazole rings is 1. The van der Waals surface area contributed by atoms with Crippen molar-refractivity contribution < 1.29 is 4.39 Å². The average Bonchev–Trinajstić information content (AvgIpc) is 3.00. The van der Waals surface area contributed by atoms with Crippen molar-refractivity contribution in [1.82, 2.24) is 9.55 Å². The van der Waals surface area contributed by atoms with Crippen LogP contribution in [0.2, 0.25) is 0 Å². The van der Waals surface area contributed by atoms with Crippen molar-refractivity contribution in [2.45, 2.75) is 38.4 Å². The molecule has 15 heavy (non-hydrogen) atoms. The van der Waals surface area contributed by atoms with E-state index < -0.39 is 5.67 Å². The Balaban J connectivity index is 2.28. The zero-order valence-electron chi connectivity index (χ0n) is 9.12. The van der Waals surface area contributed by atoms with E-state index in [2.05, 4.69) is 11.9 Å². The predicted molar refractivity (Wildman–Crippen MR) is 57.1 cm³/mol. The Bertz CT molecular complexity index is 332. The summed E-state index contributed by atoms with van der Waals surface area (Å²) in [6.45, 7) is 2.93. The zero-order valence-corrected chi connectivity index (χ0v) is 9.12. The molecule has 1 saturated carbocycles. The molecule has 0 amide bonds. The molecule has 1 fully saturated rings. The van der Waals surface area contributed by atoms with Crippen LogP contribution in [0.15, 0.2) is 12.4 Å². The van der Waals surface area contributed by atoms with E-state index >= 15 is 0 Å². The van der Waals surface area contributed by atoms with Crippen molar-refractivity contribution in [2.24, 2.45) is 11.7 Å². The summed E-state index contributed by atoms with van der Waals surface area (Å²) >= 11 is 0. The van der Waals surface area contributed by atoms with Crippen molar-refractivity contribution in [3.8, 4) is 0 Å². The lowest BCUT2D eigenvalue weighted by molar-refractivity contribution is 0.125. The van der Waals surface area contributed by atoms with Gasteiger partial charge in [0.1, 0.15) is 5.82 Å². The summed E-state index contributed by atoms with van der Waals surface area (Å²) in [5, 5.41) is 0. The Labute approximate surface area is 89.5 Å². The molecule has 1 heterocycles.